The maximum absolute atomic E-state index is 12.9. The highest BCUT2D eigenvalue weighted by atomic mass is 32.1. The number of carbonyl (C=O) groups excluding carboxylic acids is 1. The van der Waals surface area contributed by atoms with Gasteiger partial charge in [-0.15, -0.1) is 11.3 Å². The fourth-order valence-electron chi connectivity index (χ4n) is 4.55. The Kier molecular flexibility index (Phi) is 5.44. The maximum atomic E-state index is 12.9. The molecular weight excluding hydrogens is 386 g/mol. The van der Waals surface area contributed by atoms with Crippen molar-refractivity contribution >= 4 is 17.2 Å². The second-order valence-corrected chi connectivity index (χ2v) is 8.97. The van der Waals surface area contributed by atoms with Gasteiger partial charge in [-0.3, -0.25) is 14.6 Å². The molecule has 3 aliphatic heterocycles. The molecule has 154 valence electrons. The molecule has 2 fully saturated rings. The fourth-order valence-corrected chi connectivity index (χ4v) is 5.44. The predicted molar refractivity (Wildman–Crippen MR) is 112 cm³/mol. The van der Waals surface area contributed by atoms with Crippen LogP contribution in [0.4, 0.5) is 0 Å². The summed E-state index contributed by atoms with van der Waals surface area (Å²) in [5, 5.41) is 2.13. The summed E-state index contributed by atoms with van der Waals surface area (Å²) in [5.41, 5.74) is 1.23. The minimum atomic E-state index is 0.274. The van der Waals surface area contributed by atoms with Crippen LogP contribution in [0.3, 0.4) is 0 Å². The lowest BCUT2D eigenvalue weighted by atomic mass is 10.1. The quantitative estimate of drug-likeness (QED) is 0.754. The van der Waals surface area contributed by atoms with Crippen molar-refractivity contribution in [1.29, 1.82) is 0 Å². The van der Waals surface area contributed by atoms with Crippen LogP contribution in [-0.2, 0) is 11.3 Å². The molecule has 5 rings (SSSR count). The zero-order valence-electron chi connectivity index (χ0n) is 16.6. The van der Waals surface area contributed by atoms with Gasteiger partial charge in [-0.25, -0.2) is 0 Å². The fraction of sp³-hybridized carbons (Fsp3) is 0.500. The standard InChI is InChI=1S/C22H27N3O3S/c26-22(15-25-7-1-3-18(25)21-4-2-12-29-21)24-10-8-23(9-11-24)14-17-5-6-19-20(13-17)28-16-27-19/h2,4-6,12-13,18H,1,3,7-11,14-16H2/t18-/m1/s1. The van der Waals surface area contributed by atoms with Crippen molar-refractivity contribution in [1.82, 2.24) is 14.7 Å². The maximum Gasteiger partial charge on any atom is 0.236 e. The summed E-state index contributed by atoms with van der Waals surface area (Å²) in [6.07, 6.45) is 2.34. The number of likely N-dealkylation sites (tertiary alicyclic amines) is 1. The van der Waals surface area contributed by atoms with Crippen LogP contribution in [0.1, 0.15) is 29.3 Å². The van der Waals surface area contributed by atoms with Gasteiger partial charge < -0.3 is 14.4 Å². The van der Waals surface area contributed by atoms with E-state index in [0.29, 0.717) is 19.4 Å². The van der Waals surface area contributed by atoms with E-state index < -0.39 is 0 Å². The number of thiophene rings is 1. The van der Waals surface area contributed by atoms with E-state index in [2.05, 4.69) is 39.4 Å². The molecule has 0 spiro atoms. The lowest BCUT2D eigenvalue weighted by Crippen LogP contribution is -2.50. The molecule has 0 aliphatic carbocycles. The molecule has 6 nitrogen and oxygen atoms in total. The Morgan fingerprint density at radius 1 is 1.07 bits per heavy atom. The van der Waals surface area contributed by atoms with Crippen LogP contribution in [0.2, 0.25) is 0 Å². The molecule has 2 aromatic rings. The molecule has 0 unspecified atom stereocenters. The van der Waals surface area contributed by atoms with E-state index in [1.54, 1.807) is 11.3 Å². The molecule has 1 atom stereocenters. The van der Waals surface area contributed by atoms with E-state index in [-0.39, 0.29) is 5.91 Å². The molecule has 2 saturated heterocycles. The summed E-state index contributed by atoms with van der Waals surface area (Å²) in [4.78, 5) is 21.1. The second kappa shape index (κ2) is 8.34. The predicted octanol–water partition coefficient (Wildman–Crippen LogP) is 2.96. The summed E-state index contributed by atoms with van der Waals surface area (Å²) in [6.45, 7) is 6.20. The summed E-state index contributed by atoms with van der Waals surface area (Å²) in [6, 6.07) is 10.9. The van der Waals surface area contributed by atoms with Crippen molar-refractivity contribution in [3.05, 3.63) is 46.2 Å². The molecule has 1 aromatic carbocycles. The van der Waals surface area contributed by atoms with E-state index in [4.69, 9.17) is 9.47 Å². The SMILES string of the molecule is O=C(CN1CCC[C@@H]1c1cccs1)N1CCN(Cc2ccc3c(c2)OCO3)CC1. The summed E-state index contributed by atoms with van der Waals surface area (Å²) in [7, 11) is 0. The van der Waals surface area contributed by atoms with Gasteiger partial charge in [0.1, 0.15) is 0 Å². The van der Waals surface area contributed by atoms with Gasteiger partial charge in [0, 0.05) is 43.6 Å². The van der Waals surface area contributed by atoms with Crippen molar-refractivity contribution < 1.29 is 14.3 Å². The zero-order chi connectivity index (χ0) is 19.6. The molecule has 4 heterocycles. The van der Waals surface area contributed by atoms with Gasteiger partial charge in [0.05, 0.1) is 6.54 Å². The Balaban J connectivity index is 1.12. The molecule has 0 saturated carbocycles. The first-order valence-electron chi connectivity index (χ1n) is 10.4. The van der Waals surface area contributed by atoms with Crippen LogP contribution in [0.15, 0.2) is 35.7 Å². The first kappa shape index (κ1) is 18.9. The number of hydrogen-bond acceptors (Lipinski definition) is 6. The van der Waals surface area contributed by atoms with Crippen LogP contribution >= 0.6 is 11.3 Å². The molecule has 1 aromatic heterocycles. The van der Waals surface area contributed by atoms with E-state index in [1.165, 1.54) is 16.9 Å². The molecule has 3 aliphatic rings. The second-order valence-electron chi connectivity index (χ2n) is 7.99. The van der Waals surface area contributed by atoms with Gasteiger partial charge in [0.15, 0.2) is 11.5 Å². The molecule has 29 heavy (non-hydrogen) atoms. The lowest BCUT2D eigenvalue weighted by molar-refractivity contribution is -0.134. The van der Waals surface area contributed by atoms with Crippen LogP contribution < -0.4 is 9.47 Å². The number of hydrogen-bond donors (Lipinski definition) is 0. The number of carbonyl (C=O) groups is 1. The van der Waals surface area contributed by atoms with Crippen molar-refractivity contribution in [2.24, 2.45) is 0 Å². The van der Waals surface area contributed by atoms with Crippen LogP contribution in [0, 0.1) is 0 Å². The zero-order valence-corrected chi connectivity index (χ0v) is 17.4. The topological polar surface area (TPSA) is 45.3 Å². The van der Waals surface area contributed by atoms with Gasteiger partial charge in [0.25, 0.3) is 0 Å². The lowest BCUT2D eigenvalue weighted by Gasteiger charge is -2.36. The van der Waals surface area contributed by atoms with Crippen molar-refractivity contribution in [3.8, 4) is 11.5 Å². The Hall–Kier alpha value is -2.09. The number of rotatable bonds is 5. The number of nitrogens with zero attached hydrogens (tertiary/aromatic N) is 3. The van der Waals surface area contributed by atoms with Crippen LogP contribution in [0.5, 0.6) is 11.5 Å². The largest absolute Gasteiger partial charge is 0.454 e. The molecule has 0 N–H and O–H groups in total. The first-order chi connectivity index (χ1) is 14.3. The van der Waals surface area contributed by atoms with Gasteiger partial charge in [0.2, 0.25) is 12.7 Å². The van der Waals surface area contributed by atoms with Crippen LogP contribution in [-0.4, -0.2) is 66.7 Å². The highest BCUT2D eigenvalue weighted by Gasteiger charge is 2.30. The van der Waals surface area contributed by atoms with Crippen molar-refractivity contribution in [3.63, 3.8) is 0 Å². The third-order valence-electron chi connectivity index (χ3n) is 6.14. The number of piperazine rings is 1. The number of fused-ring (bicyclic) bond motifs is 1. The average molecular weight is 414 g/mol. The van der Waals surface area contributed by atoms with Gasteiger partial charge >= 0.3 is 0 Å². The average Bonchev–Trinajstić information content (AvgIpc) is 3.49. The molecule has 0 bridgehead atoms. The third-order valence-corrected chi connectivity index (χ3v) is 7.12. The third kappa shape index (κ3) is 4.13. The smallest absolute Gasteiger partial charge is 0.236 e. The molecule has 7 heteroatoms. The first-order valence-corrected chi connectivity index (χ1v) is 11.3. The Morgan fingerprint density at radius 2 is 1.93 bits per heavy atom. The number of benzene rings is 1. The van der Waals surface area contributed by atoms with E-state index >= 15 is 0 Å². The molecular formula is C22H27N3O3S. The van der Waals surface area contributed by atoms with Crippen molar-refractivity contribution in [2.45, 2.75) is 25.4 Å². The summed E-state index contributed by atoms with van der Waals surface area (Å²) >= 11 is 1.81. The minimum absolute atomic E-state index is 0.274. The van der Waals surface area contributed by atoms with E-state index in [0.717, 1.165) is 57.2 Å². The Labute approximate surface area is 175 Å². The van der Waals surface area contributed by atoms with E-state index in [1.807, 2.05) is 11.0 Å². The van der Waals surface area contributed by atoms with Gasteiger partial charge in [-0.05, 0) is 48.5 Å². The molecule has 0 radical (unpaired) electrons. The molecule has 1 amide bonds. The summed E-state index contributed by atoms with van der Waals surface area (Å²) in [5.74, 6) is 1.94. The van der Waals surface area contributed by atoms with Crippen molar-refractivity contribution in [2.75, 3.05) is 46.1 Å². The minimum Gasteiger partial charge on any atom is -0.454 e. The van der Waals surface area contributed by atoms with Gasteiger partial charge in [-0.1, -0.05) is 12.1 Å². The van der Waals surface area contributed by atoms with E-state index in [9.17, 15) is 4.79 Å². The number of amides is 1. The summed E-state index contributed by atoms with van der Waals surface area (Å²) < 4.78 is 10.9. The Bertz CT molecular complexity index is 849. The Morgan fingerprint density at radius 3 is 2.76 bits per heavy atom. The highest BCUT2D eigenvalue weighted by Crippen LogP contribution is 2.34. The van der Waals surface area contributed by atoms with Gasteiger partial charge in [-0.2, -0.15) is 0 Å². The number of ether oxygens (including phenoxy) is 2. The van der Waals surface area contributed by atoms with Crippen LogP contribution in [0.25, 0.3) is 0 Å². The monoisotopic (exact) mass is 413 g/mol. The normalized spacial score (nSPS) is 22.3. The highest BCUT2D eigenvalue weighted by molar-refractivity contribution is 7.10.